The fourth-order valence-electron chi connectivity index (χ4n) is 2.25. The molecule has 0 aliphatic rings. The molecule has 0 radical (unpaired) electrons. The molecule has 2 rings (SSSR count). The number of hydrogen-bond donors (Lipinski definition) is 2. The number of nitrogens with one attached hydrogen (secondary N) is 1. The van der Waals surface area contributed by atoms with Crippen molar-refractivity contribution in [2.45, 2.75) is 25.2 Å². The molecular weight excluding hydrogens is 344 g/mol. The summed E-state index contributed by atoms with van der Waals surface area (Å²) >= 11 is 0. The van der Waals surface area contributed by atoms with Crippen molar-refractivity contribution in [2.75, 3.05) is 5.32 Å². The summed E-state index contributed by atoms with van der Waals surface area (Å²) in [6.45, 7) is 1.50. The van der Waals surface area contributed by atoms with Gasteiger partial charge < -0.3 is 10.4 Å². The number of rotatable bonds is 5. The van der Waals surface area contributed by atoms with Crippen LogP contribution in [0.5, 0.6) is 0 Å². The van der Waals surface area contributed by atoms with Gasteiger partial charge in [0.2, 0.25) is 0 Å². The van der Waals surface area contributed by atoms with Gasteiger partial charge in [-0.2, -0.15) is 13.2 Å². The third kappa shape index (κ3) is 4.44. The molecule has 2 N–H and O–H groups in total. The zero-order valence-corrected chi connectivity index (χ0v) is 12.9. The minimum Gasteiger partial charge on any atom is -0.386 e. The molecule has 2 atom stereocenters. The highest BCUT2D eigenvalue weighted by Gasteiger charge is 2.33. The monoisotopic (exact) mass is 358 g/mol. The largest absolute Gasteiger partial charge is 0.416 e. The zero-order valence-electron chi connectivity index (χ0n) is 12.9. The number of nitrogens with zero attached hydrogens (tertiary/aromatic N) is 1. The topological polar surface area (TPSA) is 75.4 Å². The quantitative estimate of drug-likeness (QED) is 0.475. The van der Waals surface area contributed by atoms with Gasteiger partial charge in [0.05, 0.1) is 22.6 Å². The molecule has 0 aliphatic heterocycles. The molecule has 5 nitrogen and oxygen atoms in total. The average molecular weight is 358 g/mol. The van der Waals surface area contributed by atoms with Crippen molar-refractivity contribution in [3.8, 4) is 0 Å². The SMILES string of the molecule is CC(Nc1ccc(C(F)(F)F)cc1[N+](=O)[O-])C(O)c1ccc(F)cc1. The van der Waals surface area contributed by atoms with Crippen LogP contribution in [0.4, 0.5) is 28.9 Å². The maximum Gasteiger partial charge on any atom is 0.416 e. The molecule has 0 amide bonds. The lowest BCUT2D eigenvalue weighted by Gasteiger charge is -2.22. The summed E-state index contributed by atoms with van der Waals surface area (Å²) in [7, 11) is 0. The first-order chi connectivity index (χ1) is 11.6. The third-order valence-electron chi connectivity index (χ3n) is 3.59. The molecule has 0 aliphatic carbocycles. The number of nitro groups is 1. The van der Waals surface area contributed by atoms with Crippen LogP contribution in [0, 0.1) is 15.9 Å². The summed E-state index contributed by atoms with van der Waals surface area (Å²) in [6.07, 6.45) is -5.86. The zero-order chi connectivity index (χ0) is 18.8. The highest BCUT2D eigenvalue weighted by Crippen LogP contribution is 2.35. The van der Waals surface area contributed by atoms with Crippen molar-refractivity contribution in [2.24, 2.45) is 0 Å². The second kappa shape index (κ2) is 7.06. The first kappa shape index (κ1) is 18.7. The van der Waals surface area contributed by atoms with Crippen LogP contribution in [0.25, 0.3) is 0 Å². The second-order valence-electron chi connectivity index (χ2n) is 5.42. The fourth-order valence-corrected chi connectivity index (χ4v) is 2.25. The normalized spacial score (nSPS) is 14.0. The Morgan fingerprint density at radius 2 is 1.76 bits per heavy atom. The number of aliphatic hydroxyl groups excluding tert-OH is 1. The van der Waals surface area contributed by atoms with E-state index in [1.54, 1.807) is 0 Å². The standard InChI is InChI=1S/C16H14F4N2O3/c1-9(15(23)10-2-5-12(17)6-3-10)21-13-7-4-11(16(18,19)20)8-14(13)22(24)25/h2-9,15,21,23H,1H3. The van der Waals surface area contributed by atoms with E-state index in [4.69, 9.17) is 0 Å². The van der Waals surface area contributed by atoms with Gasteiger partial charge in [0, 0.05) is 6.07 Å². The lowest BCUT2D eigenvalue weighted by atomic mass is 10.0. The smallest absolute Gasteiger partial charge is 0.386 e. The molecule has 2 unspecified atom stereocenters. The maximum absolute atomic E-state index is 12.9. The minimum absolute atomic E-state index is 0.160. The number of anilines is 1. The van der Waals surface area contributed by atoms with E-state index < -0.39 is 40.3 Å². The molecule has 0 heterocycles. The summed E-state index contributed by atoms with van der Waals surface area (Å²) in [5.41, 5.74) is -1.70. The number of nitro benzene ring substituents is 1. The van der Waals surface area contributed by atoms with Gasteiger partial charge >= 0.3 is 6.18 Å². The van der Waals surface area contributed by atoms with Gasteiger partial charge in [0.25, 0.3) is 5.69 Å². The summed E-state index contributed by atoms with van der Waals surface area (Å²) in [5, 5.41) is 23.9. The molecule has 134 valence electrons. The van der Waals surface area contributed by atoms with Crippen molar-refractivity contribution in [1.82, 2.24) is 0 Å². The highest BCUT2D eigenvalue weighted by molar-refractivity contribution is 5.63. The van der Waals surface area contributed by atoms with Crippen molar-refractivity contribution in [1.29, 1.82) is 0 Å². The van der Waals surface area contributed by atoms with E-state index in [0.717, 1.165) is 18.2 Å². The molecule has 2 aromatic rings. The Hall–Kier alpha value is -2.68. The fraction of sp³-hybridized carbons (Fsp3) is 0.250. The summed E-state index contributed by atoms with van der Waals surface area (Å²) < 4.78 is 51.0. The van der Waals surface area contributed by atoms with Crippen LogP contribution in [-0.2, 0) is 6.18 Å². The molecule has 0 saturated heterocycles. The van der Waals surface area contributed by atoms with E-state index in [1.165, 1.54) is 19.1 Å². The number of benzene rings is 2. The van der Waals surface area contributed by atoms with E-state index in [-0.39, 0.29) is 5.69 Å². The van der Waals surface area contributed by atoms with Crippen LogP contribution in [0.1, 0.15) is 24.2 Å². The van der Waals surface area contributed by atoms with Crippen LogP contribution in [-0.4, -0.2) is 16.1 Å². The Bertz CT molecular complexity index is 763. The first-order valence-electron chi connectivity index (χ1n) is 7.15. The van der Waals surface area contributed by atoms with Gasteiger partial charge in [-0.05, 0) is 36.8 Å². The van der Waals surface area contributed by atoms with E-state index in [1.807, 2.05) is 0 Å². The Kier molecular flexibility index (Phi) is 5.27. The molecule has 0 aromatic heterocycles. The lowest BCUT2D eigenvalue weighted by Crippen LogP contribution is -2.24. The molecule has 0 saturated carbocycles. The van der Waals surface area contributed by atoms with Gasteiger partial charge in [0.15, 0.2) is 0 Å². The second-order valence-corrected chi connectivity index (χ2v) is 5.42. The van der Waals surface area contributed by atoms with Crippen LogP contribution >= 0.6 is 0 Å². The predicted molar refractivity (Wildman–Crippen MR) is 82.5 cm³/mol. The average Bonchev–Trinajstić information content (AvgIpc) is 2.54. The molecule has 9 heteroatoms. The minimum atomic E-state index is -4.71. The lowest BCUT2D eigenvalue weighted by molar-refractivity contribution is -0.384. The number of halogens is 4. The Morgan fingerprint density at radius 3 is 2.28 bits per heavy atom. The Morgan fingerprint density at radius 1 is 1.16 bits per heavy atom. The Labute approximate surface area is 140 Å². The summed E-state index contributed by atoms with van der Waals surface area (Å²) in [4.78, 5) is 10.1. The maximum atomic E-state index is 12.9. The Balaban J connectivity index is 2.26. The molecule has 0 spiro atoms. The number of aliphatic hydroxyl groups is 1. The van der Waals surface area contributed by atoms with Gasteiger partial charge in [-0.25, -0.2) is 4.39 Å². The number of hydrogen-bond acceptors (Lipinski definition) is 4. The molecule has 25 heavy (non-hydrogen) atoms. The van der Waals surface area contributed by atoms with E-state index in [9.17, 15) is 32.8 Å². The molecular formula is C16H14F4N2O3. The molecule has 0 bridgehead atoms. The summed E-state index contributed by atoms with van der Waals surface area (Å²) in [6, 6.07) is 6.29. The van der Waals surface area contributed by atoms with Crippen LogP contribution in [0.15, 0.2) is 42.5 Å². The van der Waals surface area contributed by atoms with Gasteiger partial charge in [-0.15, -0.1) is 0 Å². The first-order valence-corrected chi connectivity index (χ1v) is 7.15. The number of alkyl halides is 3. The van der Waals surface area contributed by atoms with Crippen molar-refractivity contribution in [3.05, 3.63) is 69.5 Å². The van der Waals surface area contributed by atoms with E-state index in [2.05, 4.69) is 5.32 Å². The van der Waals surface area contributed by atoms with Crippen LogP contribution in [0.2, 0.25) is 0 Å². The van der Waals surface area contributed by atoms with Gasteiger partial charge in [-0.1, -0.05) is 12.1 Å². The van der Waals surface area contributed by atoms with Gasteiger partial charge in [-0.3, -0.25) is 10.1 Å². The van der Waals surface area contributed by atoms with Gasteiger partial charge in [0.1, 0.15) is 11.5 Å². The molecule has 0 fully saturated rings. The van der Waals surface area contributed by atoms with Crippen molar-refractivity contribution >= 4 is 11.4 Å². The van der Waals surface area contributed by atoms with Crippen molar-refractivity contribution < 1.29 is 27.6 Å². The predicted octanol–water partition coefficient (Wildman–Crippen LogP) is 4.29. The molecule has 2 aromatic carbocycles. The van der Waals surface area contributed by atoms with Crippen LogP contribution < -0.4 is 5.32 Å². The van der Waals surface area contributed by atoms with Crippen LogP contribution in [0.3, 0.4) is 0 Å². The highest BCUT2D eigenvalue weighted by atomic mass is 19.4. The third-order valence-corrected chi connectivity index (χ3v) is 3.59. The van der Waals surface area contributed by atoms with E-state index in [0.29, 0.717) is 17.7 Å². The van der Waals surface area contributed by atoms with Crippen molar-refractivity contribution in [3.63, 3.8) is 0 Å². The summed E-state index contributed by atoms with van der Waals surface area (Å²) in [5.74, 6) is -0.491. The van der Waals surface area contributed by atoms with E-state index >= 15 is 0 Å².